The molecule has 1 aromatic carbocycles. The Morgan fingerprint density at radius 2 is 1.85 bits per heavy atom. The van der Waals surface area contributed by atoms with Crippen LogP contribution < -0.4 is 4.90 Å². The normalized spacial score (nSPS) is 21.9. The molecule has 0 bridgehead atoms. The second-order valence-electron chi connectivity index (χ2n) is 6.81. The van der Waals surface area contributed by atoms with E-state index in [2.05, 4.69) is 10.4 Å². The molecule has 27 heavy (non-hydrogen) atoms. The molecule has 2 amide bonds. The van der Waals surface area contributed by atoms with E-state index in [9.17, 15) is 19.3 Å². The van der Waals surface area contributed by atoms with Gasteiger partial charge in [0, 0.05) is 6.42 Å². The molecule has 3 rings (SSSR count). The predicted octanol–water partition coefficient (Wildman–Crippen LogP) is 1.92. The molecule has 142 valence electrons. The molecule has 0 aliphatic carbocycles. The number of hydrogen-bond acceptors (Lipinski definition) is 7. The van der Waals surface area contributed by atoms with E-state index in [1.165, 1.54) is 0 Å². The number of carbonyl (C=O) groups is 3. The van der Waals surface area contributed by atoms with E-state index in [0.717, 1.165) is 21.6 Å². The highest BCUT2D eigenvalue weighted by molar-refractivity contribution is 6.39. The number of hydrazone groups is 1. The van der Waals surface area contributed by atoms with E-state index in [0.29, 0.717) is 10.8 Å². The summed E-state index contributed by atoms with van der Waals surface area (Å²) in [5.41, 5.74) is 1.31. The highest BCUT2D eigenvalue weighted by Crippen LogP contribution is 2.42. The molecule has 1 aromatic rings. The fraction of sp³-hybridized carbons (Fsp3) is 0.444. The van der Waals surface area contributed by atoms with Crippen LogP contribution in [0.15, 0.2) is 22.5 Å². The Kier molecular flexibility index (Phi) is 4.54. The Labute approximate surface area is 155 Å². The van der Waals surface area contributed by atoms with Gasteiger partial charge in [0.15, 0.2) is 11.3 Å². The molecule has 1 saturated heterocycles. The molecule has 1 atom stereocenters. The van der Waals surface area contributed by atoms with Crippen LogP contribution in [0.5, 0.6) is 0 Å². The summed E-state index contributed by atoms with van der Waals surface area (Å²) in [7, 11) is 0. The minimum atomic E-state index is -1.62. The lowest BCUT2D eigenvalue weighted by Gasteiger charge is -2.26. The van der Waals surface area contributed by atoms with Crippen molar-refractivity contribution < 1.29 is 19.1 Å². The van der Waals surface area contributed by atoms with Gasteiger partial charge < -0.3 is 4.74 Å². The van der Waals surface area contributed by atoms with Gasteiger partial charge in [0.1, 0.15) is 0 Å². The van der Waals surface area contributed by atoms with Crippen LogP contribution in [0.4, 0.5) is 5.69 Å². The van der Waals surface area contributed by atoms with E-state index in [1.54, 1.807) is 6.92 Å². The van der Waals surface area contributed by atoms with Crippen molar-refractivity contribution in [3.63, 3.8) is 0 Å². The summed E-state index contributed by atoms with van der Waals surface area (Å²) < 4.78 is 4.90. The van der Waals surface area contributed by atoms with Crippen molar-refractivity contribution in [2.24, 2.45) is 10.4 Å². The molecule has 2 aliphatic heterocycles. The fourth-order valence-corrected chi connectivity index (χ4v) is 3.79. The second-order valence-corrected chi connectivity index (χ2v) is 6.81. The third-order valence-electron chi connectivity index (χ3n) is 4.80. The first kappa shape index (κ1) is 18.7. The van der Waals surface area contributed by atoms with Gasteiger partial charge in [-0.15, -0.1) is 15.1 Å². The Morgan fingerprint density at radius 3 is 2.41 bits per heavy atom. The Balaban J connectivity index is 2.02. The van der Waals surface area contributed by atoms with Crippen molar-refractivity contribution in [2.45, 2.75) is 46.1 Å². The maximum atomic E-state index is 13.3. The quantitative estimate of drug-likeness (QED) is 0.454. The zero-order chi connectivity index (χ0) is 19.9. The number of amides is 2. The van der Waals surface area contributed by atoms with E-state index in [-0.39, 0.29) is 25.2 Å². The van der Waals surface area contributed by atoms with Crippen molar-refractivity contribution in [2.75, 3.05) is 11.5 Å². The third-order valence-corrected chi connectivity index (χ3v) is 4.80. The van der Waals surface area contributed by atoms with Gasteiger partial charge in [0.05, 0.1) is 24.0 Å². The topological polar surface area (TPSA) is 109 Å². The van der Waals surface area contributed by atoms with Crippen molar-refractivity contribution in [3.05, 3.63) is 33.7 Å². The fourth-order valence-electron chi connectivity index (χ4n) is 3.79. The van der Waals surface area contributed by atoms with Gasteiger partial charge in [-0.3, -0.25) is 9.59 Å². The molecule has 1 unspecified atom stereocenters. The zero-order valence-electron chi connectivity index (χ0n) is 15.6. The maximum Gasteiger partial charge on any atom is 0.354 e. The zero-order valence-corrected chi connectivity index (χ0v) is 15.6. The lowest BCUT2D eigenvalue weighted by Crippen LogP contribution is -2.48. The molecule has 9 heteroatoms. The van der Waals surface area contributed by atoms with Crippen LogP contribution in [0, 0.1) is 25.7 Å². The molecule has 2 aliphatic rings. The summed E-state index contributed by atoms with van der Waals surface area (Å²) in [6.07, 6.45) is -0.501. The van der Waals surface area contributed by atoms with Crippen molar-refractivity contribution >= 4 is 29.2 Å². The molecular formula is C18H20N4O5. The molecule has 0 radical (unpaired) electrons. The monoisotopic (exact) mass is 372 g/mol. The second kappa shape index (κ2) is 6.57. The number of hydrogen-bond donors (Lipinski definition) is 0. The first-order valence-corrected chi connectivity index (χ1v) is 8.58. The number of benzene rings is 1. The molecule has 1 fully saturated rings. The smallest absolute Gasteiger partial charge is 0.354 e. The van der Waals surface area contributed by atoms with Crippen molar-refractivity contribution in [3.8, 4) is 0 Å². The SMILES string of the molecule is CCOC(=O)C1=NN(N=O)C2(CC(=O)N(c3c(C)cc(C)cc3C)C2=O)C1. The Bertz CT molecular complexity index is 871. The molecule has 0 N–H and O–H groups in total. The molecule has 0 saturated carbocycles. The number of carbonyl (C=O) groups excluding carboxylic acids is 3. The summed E-state index contributed by atoms with van der Waals surface area (Å²) >= 11 is 0. The highest BCUT2D eigenvalue weighted by Gasteiger charge is 2.61. The lowest BCUT2D eigenvalue weighted by atomic mass is 9.92. The number of imide groups is 1. The largest absolute Gasteiger partial charge is 0.461 e. The number of aryl methyl sites for hydroxylation is 3. The van der Waals surface area contributed by atoms with Gasteiger partial charge in [-0.25, -0.2) is 9.69 Å². The Hall–Kier alpha value is -3.10. The van der Waals surface area contributed by atoms with Gasteiger partial charge in [0.25, 0.3) is 5.91 Å². The minimum absolute atomic E-state index is 0.100. The summed E-state index contributed by atoms with van der Waals surface area (Å²) in [5.74, 6) is -1.82. The summed E-state index contributed by atoms with van der Waals surface area (Å²) in [6, 6.07) is 3.75. The van der Waals surface area contributed by atoms with E-state index < -0.39 is 23.3 Å². The predicted molar refractivity (Wildman–Crippen MR) is 96.8 cm³/mol. The van der Waals surface area contributed by atoms with Crippen LogP contribution in [0.25, 0.3) is 0 Å². The van der Waals surface area contributed by atoms with Crippen LogP contribution >= 0.6 is 0 Å². The van der Waals surface area contributed by atoms with Crippen LogP contribution in [0.1, 0.15) is 36.5 Å². The lowest BCUT2D eigenvalue weighted by molar-refractivity contribution is -0.135. The number of nitrogens with zero attached hydrogens (tertiary/aromatic N) is 4. The van der Waals surface area contributed by atoms with Gasteiger partial charge >= 0.3 is 5.97 Å². The van der Waals surface area contributed by atoms with Gasteiger partial charge in [-0.2, -0.15) is 0 Å². The van der Waals surface area contributed by atoms with Crippen LogP contribution in [0.2, 0.25) is 0 Å². The average Bonchev–Trinajstić information content (AvgIpc) is 3.07. The average molecular weight is 372 g/mol. The molecule has 9 nitrogen and oxygen atoms in total. The number of rotatable bonds is 4. The summed E-state index contributed by atoms with van der Waals surface area (Å²) in [6.45, 7) is 7.30. The van der Waals surface area contributed by atoms with Gasteiger partial charge in [0.2, 0.25) is 5.91 Å². The van der Waals surface area contributed by atoms with E-state index >= 15 is 0 Å². The summed E-state index contributed by atoms with van der Waals surface area (Å²) in [5, 5.41) is 7.24. The molecule has 2 heterocycles. The standard InChI is InChI=1S/C18H20N4O5/c1-5-27-16(24)13-8-18(22(19-13)20-26)9-14(23)21(17(18)25)15-11(3)6-10(2)7-12(15)4/h6-7H,5,8-9H2,1-4H3. The summed E-state index contributed by atoms with van der Waals surface area (Å²) in [4.78, 5) is 50.4. The van der Waals surface area contributed by atoms with Crippen LogP contribution in [-0.2, 0) is 19.1 Å². The first-order chi connectivity index (χ1) is 12.7. The van der Waals surface area contributed by atoms with Crippen molar-refractivity contribution in [1.82, 2.24) is 5.12 Å². The maximum absolute atomic E-state index is 13.3. The van der Waals surface area contributed by atoms with E-state index in [4.69, 9.17) is 4.74 Å². The van der Waals surface area contributed by atoms with Crippen molar-refractivity contribution in [1.29, 1.82) is 0 Å². The van der Waals surface area contributed by atoms with Crippen LogP contribution in [0.3, 0.4) is 0 Å². The first-order valence-electron chi connectivity index (χ1n) is 8.58. The third kappa shape index (κ3) is 2.79. The van der Waals surface area contributed by atoms with Crippen LogP contribution in [-0.4, -0.2) is 40.8 Å². The molecule has 0 aromatic heterocycles. The van der Waals surface area contributed by atoms with Gasteiger partial charge in [-0.05, 0) is 38.8 Å². The van der Waals surface area contributed by atoms with Gasteiger partial charge in [-0.1, -0.05) is 17.7 Å². The number of nitroso groups, excluding NO2 is 1. The highest BCUT2D eigenvalue weighted by atomic mass is 16.5. The molecule has 1 spiro atoms. The number of anilines is 1. The molecular weight excluding hydrogens is 352 g/mol. The minimum Gasteiger partial charge on any atom is -0.461 e. The van der Waals surface area contributed by atoms with E-state index in [1.807, 2.05) is 32.9 Å². The number of ether oxygens (including phenoxy) is 1. The Morgan fingerprint density at radius 1 is 1.22 bits per heavy atom. The number of esters is 1.